The summed E-state index contributed by atoms with van der Waals surface area (Å²) in [6.07, 6.45) is 9.88. The summed E-state index contributed by atoms with van der Waals surface area (Å²) in [4.78, 5) is 13.8. The second kappa shape index (κ2) is 7.17. The molecule has 138 valence electrons. The van der Waals surface area contributed by atoms with Gasteiger partial charge in [0.15, 0.2) is 5.82 Å². The second-order valence-electron chi connectivity index (χ2n) is 7.75. The van der Waals surface area contributed by atoms with Crippen molar-refractivity contribution in [3.05, 3.63) is 35.8 Å². The number of anilines is 2. The quantitative estimate of drug-likeness (QED) is 0.846. The normalized spacial score (nSPS) is 19.8. The summed E-state index contributed by atoms with van der Waals surface area (Å²) >= 11 is 0. The zero-order valence-corrected chi connectivity index (χ0v) is 15.9. The van der Waals surface area contributed by atoms with Gasteiger partial charge in [-0.3, -0.25) is 0 Å². The summed E-state index contributed by atoms with van der Waals surface area (Å²) in [6, 6.07) is 4.15. The molecule has 2 fully saturated rings. The molecule has 2 aliphatic heterocycles. The minimum Gasteiger partial charge on any atom is -0.355 e. The summed E-state index contributed by atoms with van der Waals surface area (Å²) in [5, 5.41) is 8.55. The van der Waals surface area contributed by atoms with Crippen LogP contribution in [0.15, 0.2) is 24.5 Å². The van der Waals surface area contributed by atoms with E-state index in [1.165, 1.54) is 31.2 Å². The number of rotatable bonds is 3. The summed E-state index contributed by atoms with van der Waals surface area (Å²) in [7, 11) is 0. The van der Waals surface area contributed by atoms with Gasteiger partial charge in [0.1, 0.15) is 0 Å². The van der Waals surface area contributed by atoms with Crippen molar-refractivity contribution in [3.63, 3.8) is 0 Å². The van der Waals surface area contributed by atoms with Gasteiger partial charge in [0.05, 0.1) is 5.69 Å². The van der Waals surface area contributed by atoms with Crippen LogP contribution in [-0.4, -0.2) is 46.3 Å². The largest absolute Gasteiger partial charge is 0.355 e. The van der Waals surface area contributed by atoms with Gasteiger partial charge in [-0.25, -0.2) is 9.97 Å². The molecule has 6 nitrogen and oxygen atoms in total. The highest BCUT2D eigenvalue weighted by Gasteiger charge is 2.38. The molecule has 0 atom stereocenters. The van der Waals surface area contributed by atoms with Crippen molar-refractivity contribution >= 4 is 11.8 Å². The minimum atomic E-state index is 0.481. The maximum Gasteiger partial charge on any atom is 0.225 e. The van der Waals surface area contributed by atoms with E-state index in [0.29, 0.717) is 5.41 Å². The number of aryl methyl sites for hydroxylation is 2. The molecule has 0 saturated carbocycles. The monoisotopic (exact) mass is 352 g/mol. The molecule has 0 aliphatic carbocycles. The van der Waals surface area contributed by atoms with Crippen molar-refractivity contribution in [2.24, 2.45) is 5.41 Å². The molecule has 0 bridgehead atoms. The highest BCUT2D eigenvalue weighted by molar-refractivity contribution is 5.38. The number of piperidine rings is 2. The zero-order chi connectivity index (χ0) is 18.0. The molecule has 0 amide bonds. The van der Waals surface area contributed by atoms with Crippen LogP contribution in [0.4, 0.5) is 11.8 Å². The van der Waals surface area contributed by atoms with Crippen LogP contribution in [0.3, 0.4) is 0 Å². The Balaban J connectivity index is 1.33. The van der Waals surface area contributed by atoms with Gasteiger partial charge in [-0.2, -0.15) is 5.10 Å². The van der Waals surface area contributed by atoms with Gasteiger partial charge >= 0.3 is 0 Å². The van der Waals surface area contributed by atoms with Gasteiger partial charge < -0.3 is 9.80 Å². The Bertz CT molecular complexity index is 709. The van der Waals surface area contributed by atoms with E-state index < -0.39 is 0 Å². The van der Waals surface area contributed by atoms with Crippen molar-refractivity contribution in [3.8, 4) is 0 Å². The third-order valence-electron chi connectivity index (χ3n) is 6.14. The molecule has 2 aliphatic rings. The predicted molar refractivity (Wildman–Crippen MR) is 104 cm³/mol. The summed E-state index contributed by atoms with van der Waals surface area (Å²) in [5.41, 5.74) is 2.66. The standard InChI is InChI=1S/C20H28N6/c1-3-17-14-21-19(22-15-17)26-12-8-20(9-13-26)6-10-25(11-7-20)18-5-4-16(2)23-24-18/h4-5,14-15H,3,6-13H2,1-2H3. The van der Waals surface area contributed by atoms with Crippen LogP contribution in [0.2, 0.25) is 0 Å². The Kier molecular flexibility index (Phi) is 4.74. The Hall–Kier alpha value is -2.24. The molecule has 2 aromatic heterocycles. The molecule has 2 aromatic rings. The fraction of sp³-hybridized carbons (Fsp3) is 0.600. The third-order valence-corrected chi connectivity index (χ3v) is 6.14. The zero-order valence-electron chi connectivity index (χ0n) is 15.9. The Morgan fingerprint density at radius 3 is 2.04 bits per heavy atom. The van der Waals surface area contributed by atoms with Crippen molar-refractivity contribution in [1.82, 2.24) is 20.2 Å². The van der Waals surface area contributed by atoms with Gasteiger partial charge in [-0.1, -0.05) is 6.92 Å². The van der Waals surface area contributed by atoms with Gasteiger partial charge in [0, 0.05) is 38.6 Å². The molecule has 0 radical (unpaired) electrons. The molecular formula is C20H28N6. The highest BCUT2D eigenvalue weighted by atomic mass is 15.3. The molecule has 4 rings (SSSR count). The van der Waals surface area contributed by atoms with E-state index in [4.69, 9.17) is 0 Å². The van der Waals surface area contributed by atoms with Crippen molar-refractivity contribution in [2.45, 2.75) is 46.0 Å². The lowest BCUT2D eigenvalue weighted by Gasteiger charge is -2.47. The molecule has 0 aromatic carbocycles. The lowest BCUT2D eigenvalue weighted by molar-refractivity contribution is 0.165. The third kappa shape index (κ3) is 3.50. The summed E-state index contributed by atoms with van der Waals surface area (Å²) < 4.78 is 0. The second-order valence-corrected chi connectivity index (χ2v) is 7.75. The predicted octanol–water partition coefficient (Wildman–Crippen LogP) is 3.02. The average Bonchev–Trinajstić information content (AvgIpc) is 2.70. The van der Waals surface area contributed by atoms with Gasteiger partial charge in [-0.05, 0) is 62.1 Å². The Labute approximate surface area is 155 Å². The Morgan fingerprint density at radius 2 is 1.50 bits per heavy atom. The van der Waals surface area contributed by atoms with Crippen LogP contribution < -0.4 is 9.80 Å². The van der Waals surface area contributed by atoms with E-state index in [2.05, 4.69) is 49.0 Å². The van der Waals surface area contributed by atoms with Gasteiger partial charge in [0.2, 0.25) is 5.95 Å². The number of aromatic nitrogens is 4. The topological polar surface area (TPSA) is 58.0 Å². The van der Waals surface area contributed by atoms with Crippen LogP contribution in [0, 0.1) is 12.3 Å². The van der Waals surface area contributed by atoms with E-state index in [9.17, 15) is 0 Å². The van der Waals surface area contributed by atoms with Crippen molar-refractivity contribution in [1.29, 1.82) is 0 Å². The first-order valence-corrected chi connectivity index (χ1v) is 9.79. The average molecular weight is 352 g/mol. The van der Waals surface area contributed by atoms with Crippen molar-refractivity contribution < 1.29 is 0 Å². The number of nitrogens with zero attached hydrogens (tertiary/aromatic N) is 6. The van der Waals surface area contributed by atoms with Crippen LogP contribution in [0.1, 0.15) is 43.9 Å². The van der Waals surface area contributed by atoms with Crippen LogP contribution in [-0.2, 0) is 6.42 Å². The molecule has 26 heavy (non-hydrogen) atoms. The first-order valence-electron chi connectivity index (χ1n) is 9.79. The lowest BCUT2D eigenvalue weighted by atomic mass is 9.71. The van der Waals surface area contributed by atoms with Gasteiger partial charge in [0.25, 0.3) is 0 Å². The number of hydrogen-bond acceptors (Lipinski definition) is 6. The molecule has 2 saturated heterocycles. The van der Waals surface area contributed by atoms with E-state index in [0.717, 1.165) is 50.1 Å². The fourth-order valence-electron chi connectivity index (χ4n) is 4.15. The fourth-order valence-corrected chi connectivity index (χ4v) is 4.15. The van der Waals surface area contributed by atoms with Crippen LogP contribution in [0.25, 0.3) is 0 Å². The molecule has 1 spiro atoms. The van der Waals surface area contributed by atoms with Crippen molar-refractivity contribution in [2.75, 3.05) is 36.0 Å². The summed E-state index contributed by atoms with van der Waals surface area (Å²) in [5.74, 6) is 1.91. The molecule has 0 N–H and O–H groups in total. The minimum absolute atomic E-state index is 0.481. The first kappa shape index (κ1) is 17.2. The van der Waals surface area contributed by atoms with Crippen LogP contribution in [0.5, 0.6) is 0 Å². The molecule has 4 heterocycles. The molecule has 6 heteroatoms. The smallest absolute Gasteiger partial charge is 0.225 e. The highest BCUT2D eigenvalue weighted by Crippen LogP contribution is 2.42. The van der Waals surface area contributed by atoms with E-state index in [1.807, 2.05) is 19.3 Å². The van der Waals surface area contributed by atoms with E-state index in [1.54, 1.807) is 0 Å². The lowest BCUT2D eigenvalue weighted by Crippen LogP contribution is -2.47. The molecular weight excluding hydrogens is 324 g/mol. The number of hydrogen-bond donors (Lipinski definition) is 0. The SMILES string of the molecule is CCc1cnc(N2CCC3(CCN(c4ccc(C)nn4)CC3)CC2)nc1. The first-order chi connectivity index (χ1) is 12.7. The van der Waals surface area contributed by atoms with E-state index in [-0.39, 0.29) is 0 Å². The van der Waals surface area contributed by atoms with E-state index >= 15 is 0 Å². The summed E-state index contributed by atoms with van der Waals surface area (Å²) in [6.45, 7) is 8.41. The Morgan fingerprint density at radius 1 is 0.885 bits per heavy atom. The van der Waals surface area contributed by atoms with Crippen LogP contribution >= 0.6 is 0 Å². The maximum atomic E-state index is 4.56. The van der Waals surface area contributed by atoms with Gasteiger partial charge in [-0.15, -0.1) is 5.10 Å². The maximum absolute atomic E-state index is 4.56. The molecule has 0 unspecified atom stereocenters.